The number of fused-ring (bicyclic) bond motifs is 1. The van der Waals surface area contributed by atoms with E-state index in [2.05, 4.69) is 10.5 Å². The first-order valence-electron chi connectivity index (χ1n) is 12.2. The number of nitrogens with zero attached hydrogens (tertiary/aromatic N) is 3. The number of carbonyl (C=O) groups excluding carboxylic acids is 1. The van der Waals surface area contributed by atoms with Crippen LogP contribution >= 0.6 is 0 Å². The van der Waals surface area contributed by atoms with Crippen LogP contribution in [0.5, 0.6) is 11.5 Å². The van der Waals surface area contributed by atoms with Gasteiger partial charge in [-0.05, 0) is 38.5 Å². The lowest BCUT2D eigenvalue weighted by Crippen LogP contribution is -2.46. The molecule has 0 saturated heterocycles. The predicted molar refractivity (Wildman–Crippen MR) is 139 cm³/mol. The lowest BCUT2D eigenvalue weighted by atomic mass is 9.94. The fourth-order valence-electron chi connectivity index (χ4n) is 4.66. The average molecular weight is 495 g/mol. The van der Waals surface area contributed by atoms with E-state index in [-0.39, 0.29) is 6.03 Å². The van der Waals surface area contributed by atoms with Crippen molar-refractivity contribution in [2.45, 2.75) is 26.8 Å². The van der Waals surface area contributed by atoms with Crippen LogP contribution in [-0.4, -0.2) is 29.4 Å². The monoisotopic (exact) mass is 494 g/mol. The van der Waals surface area contributed by atoms with E-state index >= 15 is 0 Å². The Morgan fingerprint density at radius 3 is 2.27 bits per heavy atom. The summed E-state index contributed by atoms with van der Waals surface area (Å²) in [5.74, 6) is 2.10. The Hall–Kier alpha value is -4.59. The van der Waals surface area contributed by atoms with Crippen molar-refractivity contribution < 1.29 is 18.8 Å². The molecule has 2 amide bonds. The fourth-order valence-corrected chi connectivity index (χ4v) is 4.66. The number of allylic oxidation sites excluding steroid dienone is 1. The lowest BCUT2D eigenvalue weighted by molar-refractivity contribution is 0.171. The number of urea groups is 1. The van der Waals surface area contributed by atoms with Gasteiger partial charge in [0.05, 0.1) is 17.3 Å². The molecule has 3 heterocycles. The summed E-state index contributed by atoms with van der Waals surface area (Å²) in [7, 11) is 0. The highest BCUT2D eigenvalue weighted by Crippen LogP contribution is 2.41. The third kappa shape index (κ3) is 4.20. The average Bonchev–Trinajstić information content (AvgIpc) is 3.39. The van der Waals surface area contributed by atoms with E-state index in [1.807, 2.05) is 87.5 Å². The molecular formula is C29H26N4O4. The van der Waals surface area contributed by atoms with Crippen molar-refractivity contribution in [2.24, 2.45) is 0 Å². The Morgan fingerprint density at radius 1 is 0.865 bits per heavy atom. The summed E-state index contributed by atoms with van der Waals surface area (Å²) in [6.45, 7) is 6.91. The van der Waals surface area contributed by atoms with Gasteiger partial charge in [-0.3, -0.25) is 4.90 Å². The summed E-state index contributed by atoms with van der Waals surface area (Å²) in [5.41, 5.74) is 6.12. The number of anilines is 1. The van der Waals surface area contributed by atoms with Crippen LogP contribution in [0.25, 0.3) is 17.0 Å². The zero-order chi connectivity index (χ0) is 25.5. The SMILES string of the molecule is CC1=C(c2nc(-c3ccc(C)cc3)no2)C(c2ccc(C)cc2)NC(=O)N1c1ccc2c(c1)OCCO2. The third-order valence-electron chi connectivity index (χ3n) is 6.65. The van der Waals surface area contributed by atoms with Gasteiger partial charge in [0, 0.05) is 17.3 Å². The molecule has 1 aromatic heterocycles. The van der Waals surface area contributed by atoms with Gasteiger partial charge in [0.2, 0.25) is 5.82 Å². The van der Waals surface area contributed by atoms with Gasteiger partial charge in [-0.1, -0.05) is 64.8 Å². The van der Waals surface area contributed by atoms with Crippen molar-refractivity contribution in [2.75, 3.05) is 18.1 Å². The number of carbonyl (C=O) groups is 1. The topological polar surface area (TPSA) is 89.7 Å². The summed E-state index contributed by atoms with van der Waals surface area (Å²) in [5, 5.41) is 7.40. The van der Waals surface area contributed by atoms with Crippen molar-refractivity contribution in [3.63, 3.8) is 0 Å². The van der Waals surface area contributed by atoms with Crippen LogP contribution in [0.2, 0.25) is 0 Å². The Kier molecular flexibility index (Phi) is 5.64. The number of hydrogen-bond acceptors (Lipinski definition) is 6. The molecule has 0 fully saturated rings. The molecule has 6 rings (SSSR count). The van der Waals surface area contributed by atoms with E-state index < -0.39 is 6.04 Å². The van der Waals surface area contributed by atoms with Gasteiger partial charge in [-0.15, -0.1) is 0 Å². The molecule has 4 aromatic rings. The van der Waals surface area contributed by atoms with Gasteiger partial charge >= 0.3 is 6.03 Å². The molecule has 2 aliphatic heterocycles. The zero-order valence-electron chi connectivity index (χ0n) is 20.8. The second kappa shape index (κ2) is 9.13. The highest BCUT2D eigenvalue weighted by Gasteiger charge is 2.37. The molecule has 0 aliphatic carbocycles. The molecule has 8 nitrogen and oxygen atoms in total. The maximum atomic E-state index is 13.5. The molecule has 1 atom stereocenters. The fraction of sp³-hybridized carbons (Fsp3) is 0.207. The second-order valence-electron chi connectivity index (χ2n) is 9.24. The van der Waals surface area contributed by atoms with Crippen molar-refractivity contribution in [1.29, 1.82) is 0 Å². The first kappa shape index (κ1) is 22.8. The maximum Gasteiger partial charge on any atom is 0.327 e. The largest absolute Gasteiger partial charge is 0.486 e. The Bertz CT molecular complexity index is 1510. The molecule has 37 heavy (non-hydrogen) atoms. The number of hydrogen-bond donors (Lipinski definition) is 1. The quantitative estimate of drug-likeness (QED) is 0.384. The van der Waals surface area contributed by atoms with Crippen molar-refractivity contribution >= 4 is 17.3 Å². The standard InChI is InChI=1S/C29H26N4O4/c1-17-4-8-20(9-5-17)26-25(28-31-27(32-37-28)21-10-6-18(2)7-11-21)19(3)33(29(34)30-26)22-12-13-23-24(16-22)36-15-14-35-23/h4-13,16,26H,14-15H2,1-3H3,(H,30,34). The molecule has 1 N–H and O–H groups in total. The van der Waals surface area contributed by atoms with E-state index in [0.29, 0.717) is 47.8 Å². The van der Waals surface area contributed by atoms with E-state index in [4.69, 9.17) is 19.0 Å². The van der Waals surface area contributed by atoms with Crippen LogP contribution < -0.4 is 19.7 Å². The van der Waals surface area contributed by atoms with Crippen LogP contribution in [0.3, 0.4) is 0 Å². The number of aryl methyl sites for hydroxylation is 2. The summed E-state index contributed by atoms with van der Waals surface area (Å²) >= 11 is 0. The Balaban J connectivity index is 1.47. The first-order chi connectivity index (χ1) is 18.0. The van der Waals surface area contributed by atoms with Gasteiger partial charge in [0.1, 0.15) is 13.2 Å². The summed E-state index contributed by atoms with van der Waals surface area (Å²) in [6, 6.07) is 20.7. The van der Waals surface area contributed by atoms with Crippen LogP contribution in [0.15, 0.2) is 77.0 Å². The van der Waals surface area contributed by atoms with E-state index in [9.17, 15) is 4.79 Å². The number of nitrogens with one attached hydrogen (secondary N) is 1. The van der Waals surface area contributed by atoms with E-state index in [1.165, 1.54) is 0 Å². The van der Waals surface area contributed by atoms with Crippen LogP contribution in [0.1, 0.15) is 35.5 Å². The minimum Gasteiger partial charge on any atom is -0.486 e. The summed E-state index contributed by atoms with van der Waals surface area (Å²) in [6.07, 6.45) is 0. The first-order valence-corrected chi connectivity index (χ1v) is 12.2. The highest BCUT2D eigenvalue weighted by molar-refractivity contribution is 6.01. The molecule has 2 aliphatic rings. The Morgan fingerprint density at radius 2 is 1.54 bits per heavy atom. The third-order valence-corrected chi connectivity index (χ3v) is 6.65. The molecule has 1 unspecified atom stereocenters. The number of ether oxygens (including phenoxy) is 2. The molecular weight excluding hydrogens is 468 g/mol. The molecule has 0 radical (unpaired) electrons. The minimum absolute atomic E-state index is 0.262. The second-order valence-corrected chi connectivity index (χ2v) is 9.24. The molecule has 3 aromatic carbocycles. The van der Waals surface area contributed by atoms with Crippen LogP contribution in [-0.2, 0) is 0 Å². The number of amides is 2. The zero-order valence-corrected chi connectivity index (χ0v) is 20.8. The van der Waals surface area contributed by atoms with Gasteiger partial charge in [-0.25, -0.2) is 4.79 Å². The number of rotatable bonds is 4. The van der Waals surface area contributed by atoms with Gasteiger partial charge < -0.3 is 19.3 Å². The van der Waals surface area contributed by atoms with Crippen molar-refractivity contribution in [3.8, 4) is 22.9 Å². The maximum absolute atomic E-state index is 13.5. The van der Waals surface area contributed by atoms with E-state index in [0.717, 1.165) is 27.8 Å². The molecule has 0 spiro atoms. The van der Waals surface area contributed by atoms with Gasteiger partial charge in [0.15, 0.2) is 11.5 Å². The van der Waals surface area contributed by atoms with Crippen LogP contribution in [0.4, 0.5) is 10.5 Å². The predicted octanol–water partition coefficient (Wildman–Crippen LogP) is 5.83. The highest BCUT2D eigenvalue weighted by atomic mass is 16.6. The minimum atomic E-state index is -0.465. The number of aromatic nitrogens is 2. The molecule has 0 saturated carbocycles. The molecule has 186 valence electrons. The van der Waals surface area contributed by atoms with Crippen molar-refractivity contribution in [1.82, 2.24) is 15.5 Å². The molecule has 8 heteroatoms. The molecule has 0 bridgehead atoms. The van der Waals surface area contributed by atoms with Crippen molar-refractivity contribution in [3.05, 3.63) is 95.0 Å². The van der Waals surface area contributed by atoms with Gasteiger partial charge in [-0.2, -0.15) is 4.98 Å². The smallest absolute Gasteiger partial charge is 0.327 e. The normalized spacial score (nSPS) is 17.1. The van der Waals surface area contributed by atoms with Gasteiger partial charge in [0.25, 0.3) is 5.89 Å². The Labute approximate surface area is 214 Å². The number of benzene rings is 3. The van der Waals surface area contributed by atoms with E-state index in [1.54, 1.807) is 4.90 Å². The summed E-state index contributed by atoms with van der Waals surface area (Å²) < 4.78 is 17.2. The van der Waals surface area contributed by atoms with Crippen LogP contribution in [0, 0.1) is 13.8 Å². The summed E-state index contributed by atoms with van der Waals surface area (Å²) in [4.78, 5) is 19.8. The lowest BCUT2D eigenvalue weighted by Gasteiger charge is -2.35.